The van der Waals surface area contributed by atoms with Crippen LogP contribution < -0.4 is 5.32 Å². The van der Waals surface area contributed by atoms with E-state index in [1.807, 2.05) is 16.9 Å². The fourth-order valence-electron chi connectivity index (χ4n) is 1.29. The normalized spacial score (nSPS) is 10.3. The first-order valence-corrected chi connectivity index (χ1v) is 5.14. The van der Waals surface area contributed by atoms with Crippen LogP contribution in [0.25, 0.3) is 0 Å². The second-order valence-electron chi connectivity index (χ2n) is 3.20. The van der Waals surface area contributed by atoms with Crippen LogP contribution in [0.15, 0.2) is 12.3 Å². The van der Waals surface area contributed by atoms with Crippen molar-refractivity contribution < 1.29 is 0 Å². The fourth-order valence-corrected chi connectivity index (χ4v) is 1.29. The summed E-state index contributed by atoms with van der Waals surface area (Å²) in [7, 11) is 0. The van der Waals surface area contributed by atoms with Gasteiger partial charge in [0.25, 0.3) is 0 Å². The number of rotatable bonds is 6. The molecule has 1 aromatic heterocycles. The van der Waals surface area contributed by atoms with E-state index in [4.69, 9.17) is 0 Å². The minimum absolute atomic E-state index is 0.936. The molecule has 0 radical (unpaired) electrons. The molecule has 0 aromatic carbocycles. The summed E-state index contributed by atoms with van der Waals surface area (Å²) in [6.45, 7) is 6.27. The molecule has 0 aliphatic carbocycles. The van der Waals surface area contributed by atoms with Crippen LogP contribution in [0.3, 0.4) is 0 Å². The summed E-state index contributed by atoms with van der Waals surface area (Å²) in [5.41, 5.74) is 0. The van der Waals surface area contributed by atoms with E-state index in [0.29, 0.717) is 0 Å². The molecule has 1 rings (SSSR count). The van der Waals surface area contributed by atoms with Gasteiger partial charge in [0, 0.05) is 25.4 Å². The molecule has 74 valence electrons. The maximum atomic E-state index is 4.38. The largest absolute Gasteiger partial charge is 0.369 e. The zero-order valence-corrected chi connectivity index (χ0v) is 8.58. The summed E-state index contributed by atoms with van der Waals surface area (Å²) in [4.78, 5) is 0. The van der Waals surface area contributed by atoms with E-state index in [1.54, 1.807) is 0 Å². The third-order valence-corrected chi connectivity index (χ3v) is 1.99. The molecule has 1 N–H and O–H groups in total. The molecule has 3 heteroatoms. The second-order valence-corrected chi connectivity index (χ2v) is 3.20. The Labute approximate surface area is 80.1 Å². The van der Waals surface area contributed by atoms with Crippen LogP contribution in [0, 0.1) is 0 Å². The first-order chi connectivity index (χ1) is 6.36. The Morgan fingerprint density at radius 3 is 2.92 bits per heavy atom. The van der Waals surface area contributed by atoms with E-state index in [-0.39, 0.29) is 0 Å². The quantitative estimate of drug-likeness (QED) is 0.683. The fraction of sp³-hybridized carbons (Fsp3) is 0.700. The second kappa shape index (κ2) is 5.62. The number of hydrogen-bond acceptors (Lipinski definition) is 2. The van der Waals surface area contributed by atoms with Gasteiger partial charge in [0.2, 0.25) is 0 Å². The Kier molecular flexibility index (Phi) is 4.36. The third-order valence-electron chi connectivity index (χ3n) is 1.99. The molecular formula is C10H19N3. The summed E-state index contributed by atoms with van der Waals surface area (Å²) in [5, 5.41) is 7.56. The van der Waals surface area contributed by atoms with Crippen LogP contribution in [0.4, 0.5) is 5.82 Å². The van der Waals surface area contributed by atoms with Crippen molar-refractivity contribution in [3.05, 3.63) is 12.3 Å². The molecule has 0 aliphatic heterocycles. The Morgan fingerprint density at radius 1 is 1.38 bits per heavy atom. The zero-order chi connectivity index (χ0) is 9.52. The van der Waals surface area contributed by atoms with Gasteiger partial charge in [-0.3, -0.25) is 4.68 Å². The van der Waals surface area contributed by atoms with Gasteiger partial charge in [-0.2, -0.15) is 5.10 Å². The lowest BCUT2D eigenvalue weighted by Crippen LogP contribution is -2.01. The molecule has 0 amide bonds. The average molecular weight is 181 g/mol. The van der Waals surface area contributed by atoms with Crippen LogP contribution >= 0.6 is 0 Å². The number of nitrogens with one attached hydrogen (secondary N) is 1. The van der Waals surface area contributed by atoms with Crippen molar-refractivity contribution in [1.82, 2.24) is 9.78 Å². The molecule has 1 heterocycles. The standard InChI is InChI=1S/C10H19N3/c1-3-5-6-8-13-9-7-10(12-13)11-4-2/h7,9H,3-6,8H2,1-2H3,(H,11,12). The number of hydrogen-bond donors (Lipinski definition) is 1. The van der Waals surface area contributed by atoms with E-state index >= 15 is 0 Å². The number of anilines is 1. The van der Waals surface area contributed by atoms with Crippen molar-refractivity contribution in [1.29, 1.82) is 0 Å². The lowest BCUT2D eigenvalue weighted by atomic mass is 10.2. The Bertz CT molecular complexity index is 230. The van der Waals surface area contributed by atoms with E-state index in [9.17, 15) is 0 Å². The Balaban J connectivity index is 2.31. The highest BCUT2D eigenvalue weighted by molar-refractivity contribution is 5.31. The smallest absolute Gasteiger partial charge is 0.147 e. The van der Waals surface area contributed by atoms with Gasteiger partial charge >= 0.3 is 0 Å². The predicted molar refractivity (Wildman–Crippen MR) is 55.9 cm³/mol. The molecule has 0 atom stereocenters. The summed E-state index contributed by atoms with van der Waals surface area (Å²) in [5.74, 6) is 0.985. The van der Waals surface area contributed by atoms with Gasteiger partial charge < -0.3 is 5.32 Å². The number of nitrogens with zero attached hydrogens (tertiary/aromatic N) is 2. The highest BCUT2D eigenvalue weighted by atomic mass is 15.3. The first kappa shape index (κ1) is 10.1. The molecule has 0 spiro atoms. The van der Waals surface area contributed by atoms with Gasteiger partial charge in [-0.25, -0.2) is 0 Å². The average Bonchev–Trinajstić information content (AvgIpc) is 2.54. The van der Waals surface area contributed by atoms with Gasteiger partial charge in [-0.1, -0.05) is 19.8 Å². The summed E-state index contributed by atoms with van der Waals surface area (Å²) in [6.07, 6.45) is 5.81. The molecule has 0 saturated carbocycles. The Morgan fingerprint density at radius 2 is 2.23 bits per heavy atom. The van der Waals surface area contributed by atoms with Crippen molar-refractivity contribution in [3.8, 4) is 0 Å². The number of unbranched alkanes of at least 4 members (excludes halogenated alkanes) is 2. The van der Waals surface area contributed by atoms with Gasteiger partial charge in [0.1, 0.15) is 5.82 Å². The zero-order valence-electron chi connectivity index (χ0n) is 8.58. The van der Waals surface area contributed by atoms with Crippen molar-refractivity contribution >= 4 is 5.82 Å². The summed E-state index contributed by atoms with van der Waals surface area (Å²) >= 11 is 0. The van der Waals surface area contributed by atoms with Gasteiger partial charge in [0.15, 0.2) is 0 Å². The maximum absolute atomic E-state index is 4.38. The monoisotopic (exact) mass is 181 g/mol. The van der Waals surface area contributed by atoms with Crippen molar-refractivity contribution in [2.45, 2.75) is 39.7 Å². The molecule has 0 aliphatic rings. The van der Waals surface area contributed by atoms with E-state index in [1.165, 1.54) is 19.3 Å². The van der Waals surface area contributed by atoms with E-state index in [2.05, 4.69) is 24.3 Å². The van der Waals surface area contributed by atoms with Gasteiger partial charge in [-0.05, 0) is 13.3 Å². The maximum Gasteiger partial charge on any atom is 0.147 e. The molecule has 1 aromatic rings. The van der Waals surface area contributed by atoms with Crippen LogP contribution in [-0.4, -0.2) is 16.3 Å². The molecule has 0 saturated heterocycles. The highest BCUT2D eigenvalue weighted by Crippen LogP contribution is 2.03. The van der Waals surface area contributed by atoms with E-state index < -0.39 is 0 Å². The minimum Gasteiger partial charge on any atom is -0.369 e. The van der Waals surface area contributed by atoms with Crippen molar-refractivity contribution in [2.75, 3.05) is 11.9 Å². The summed E-state index contributed by atoms with van der Waals surface area (Å²) in [6, 6.07) is 2.02. The molecule has 0 unspecified atom stereocenters. The molecule has 13 heavy (non-hydrogen) atoms. The minimum atomic E-state index is 0.936. The Hall–Kier alpha value is -0.990. The van der Waals surface area contributed by atoms with Gasteiger partial charge in [-0.15, -0.1) is 0 Å². The van der Waals surface area contributed by atoms with Crippen LogP contribution in [0.1, 0.15) is 33.1 Å². The first-order valence-electron chi connectivity index (χ1n) is 5.14. The molecular weight excluding hydrogens is 162 g/mol. The summed E-state index contributed by atoms with van der Waals surface area (Å²) < 4.78 is 2.01. The van der Waals surface area contributed by atoms with Crippen molar-refractivity contribution in [2.24, 2.45) is 0 Å². The van der Waals surface area contributed by atoms with Gasteiger partial charge in [0.05, 0.1) is 0 Å². The topological polar surface area (TPSA) is 29.9 Å². The van der Waals surface area contributed by atoms with E-state index in [0.717, 1.165) is 18.9 Å². The lowest BCUT2D eigenvalue weighted by molar-refractivity contribution is 0.554. The van der Waals surface area contributed by atoms with Crippen LogP contribution in [-0.2, 0) is 6.54 Å². The molecule has 0 bridgehead atoms. The van der Waals surface area contributed by atoms with Crippen LogP contribution in [0.2, 0.25) is 0 Å². The lowest BCUT2D eigenvalue weighted by Gasteiger charge is -2.00. The molecule has 0 fully saturated rings. The highest BCUT2D eigenvalue weighted by Gasteiger charge is 1.95. The van der Waals surface area contributed by atoms with Crippen molar-refractivity contribution in [3.63, 3.8) is 0 Å². The molecule has 3 nitrogen and oxygen atoms in total. The number of aryl methyl sites for hydroxylation is 1. The third kappa shape index (κ3) is 3.49. The predicted octanol–water partition coefficient (Wildman–Crippen LogP) is 2.51. The number of aromatic nitrogens is 2. The SMILES string of the molecule is CCCCCn1ccc(NCC)n1. The van der Waals surface area contributed by atoms with Crippen LogP contribution in [0.5, 0.6) is 0 Å².